The van der Waals surface area contributed by atoms with Crippen molar-refractivity contribution in [3.05, 3.63) is 0 Å². The highest BCUT2D eigenvalue weighted by molar-refractivity contribution is 8.03. The molecule has 0 aliphatic rings. The molecule has 14 heavy (non-hydrogen) atoms. The summed E-state index contributed by atoms with van der Waals surface area (Å²) in [7, 11) is 1.75. The van der Waals surface area contributed by atoms with Crippen molar-refractivity contribution in [2.75, 3.05) is 12.4 Å². The van der Waals surface area contributed by atoms with E-state index in [4.69, 9.17) is 5.11 Å². The van der Waals surface area contributed by atoms with Gasteiger partial charge in [0.1, 0.15) is 4.75 Å². The number of nitrogens with zero attached hydrogens (tertiary/aromatic N) is 2. The summed E-state index contributed by atoms with van der Waals surface area (Å²) < 4.78 is -0.216. The minimum Gasteiger partial charge on any atom is -0.480 e. The van der Waals surface area contributed by atoms with Gasteiger partial charge in [0.2, 0.25) is 5.13 Å². The van der Waals surface area contributed by atoms with Crippen molar-refractivity contribution in [1.82, 2.24) is 10.2 Å². The maximum absolute atomic E-state index is 10.8. The molecule has 2 N–H and O–H groups in total. The highest BCUT2D eigenvalue weighted by atomic mass is 32.2. The fourth-order valence-corrected chi connectivity index (χ4v) is 2.68. The zero-order valence-corrected chi connectivity index (χ0v) is 9.70. The Morgan fingerprint density at radius 3 is 2.64 bits per heavy atom. The van der Waals surface area contributed by atoms with Crippen LogP contribution >= 0.6 is 23.1 Å². The maximum atomic E-state index is 10.8. The molecule has 0 atom stereocenters. The van der Waals surface area contributed by atoms with Gasteiger partial charge in [0.15, 0.2) is 4.34 Å². The van der Waals surface area contributed by atoms with Gasteiger partial charge in [-0.15, -0.1) is 10.2 Å². The predicted octanol–water partition coefficient (Wildman–Crippen LogP) is 1.54. The number of anilines is 1. The third kappa shape index (κ3) is 2.58. The molecular weight excluding hydrogens is 222 g/mol. The Balaban J connectivity index is 2.73. The van der Waals surface area contributed by atoms with Crippen molar-refractivity contribution in [3.8, 4) is 0 Å². The van der Waals surface area contributed by atoms with Gasteiger partial charge in [0.05, 0.1) is 0 Å². The molecule has 1 aromatic heterocycles. The lowest BCUT2D eigenvalue weighted by atomic mass is 10.2. The molecule has 0 amide bonds. The third-order valence-electron chi connectivity index (χ3n) is 1.48. The SMILES string of the molecule is CNc1nnc(SC(C)(C)C(=O)O)s1. The minimum absolute atomic E-state index is 0.654. The Hall–Kier alpha value is -0.820. The van der Waals surface area contributed by atoms with E-state index in [0.717, 1.165) is 0 Å². The van der Waals surface area contributed by atoms with Crippen LogP contribution in [0.1, 0.15) is 13.8 Å². The number of hydrogen-bond donors (Lipinski definition) is 2. The molecule has 0 aromatic carbocycles. The number of carbonyl (C=O) groups is 1. The summed E-state index contributed by atoms with van der Waals surface area (Å²) in [6.45, 7) is 3.28. The Bertz CT molecular complexity index is 337. The van der Waals surface area contributed by atoms with Gasteiger partial charge in [-0.1, -0.05) is 23.1 Å². The normalized spacial score (nSPS) is 11.4. The summed E-state index contributed by atoms with van der Waals surface area (Å²) in [5.41, 5.74) is 0. The average molecular weight is 233 g/mol. The molecule has 0 saturated carbocycles. The molecule has 1 aromatic rings. The van der Waals surface area contributed by atoms with Crippen LogP contribution in [0.2, 0.25) is 0 Å². The number of thioether (sulfide) groups is 1. The van der Waals surface area contributed by atoms with E-state index in [1.807, 2.05) is 0 Å². The molecule has 0 saturated heterocycles. The quantitative estimate of drug-likeness (QED) is 0.768. The predicted molar refractivity (Wildman–Crippen MR) is 57.0 cm³/mol. The van der Waals surface area contributed by atoms with Crippen LogP contribution in [0.15, 0.2) is 4.34 Å². The molecule has 7 heteroatoms. The first-order chi connectivity index (χ1) is 6.45. The van der Waals surface area contributed by atoms with Crippen LogP contribution in [0.5, 0.6) is 0 Å². The number of aliphatic carboxylic acids is 1. The fourth-order valence-electron chi connectivity index (χ4n) is 0.614. The summed E-state index contributed by atoms with van der Waals surface area (Å²) in [6.07, 6.45) is 0. The van der Waals surface area contributed by atoms with Gasteiger partial charge in [-0.2, -0.15) is 0 Å². The number of aromatic nitrogens is 2. The number of carboxylic acid groups (broad SMARTS) is 1. The molecule has 5 nitrogen and oxygen atoms in total. The van der Waals surface area contributed by atoms with E-state index >= 15 is 0 Å². The van der Waals surface area contributed by atoms with Crippen LogP contribution in [0.25, 0.3) is 0 Å². The lowest BCUT2D eigenvalue weighted by Crippen LogP contribution is -2.26. The molecule has 0 aliphatic heterocycles. The number of rotatable bonds is 4. The second-order valence-corrected chi connectivity index (χ2v) is 5.89. The lowest BCUT2D eigenvalue weighted by Gasteiger charge is -2.15. The number of nitrogens with one attached hydrogen (secondary N) is 1. The van der Waals surface area contributed by atoms with Crippen LogP contribution in [0.3, 0.4) is 0 Å². The highest BCUT2D eigenvalue weighted by Gasteiger charge is 2.30. The average Bonchev–Trinajstić information content (AvgIpc) is 2.51. The van der Waals surface area contributed by atoms with Crippen molar-refractivity contribution in [1.29, 1.82) is 0 Å². The number of hydrogen-bond acceptors (Lipinski definition) is 6. The molecule has 0 aliphatic carbocycles. The largest absolute Gasteiger partial charge is 0.480 e. The van der Waals surface area contributed by atoms with Crippen molar-refractivity contribution < 1.29 is 9.90 Å². The molecule has 0 spiro atoms. The molecule has 0 radical (unpaired) electrons. The molecule has 1 rings (SSSR count). The maximum Gasteiger partial charge on any atom is 0.319 e. The third-order valence-corrected chi connectivity index (χ3v) is 3.65. The zero-order chi connectivity index (χ0) is 10.8. The fraction of sp³-hybridized carbons (Fsp3) is 0.571. The highest BCUT2D eigenvalue weighted by Crippen LogP contribution is 2.35. The van der Waals surface area contributed by atoms with Gasteiger partial charge >= 0.3 is 5.97 Å². The van der Waals surface area contributed by atoms with Gasteiger partial charge in [-0.3, -0.25) is 4.79 Å². The first kappa shape index (κ1) is 11.3. The Labute approximate surface area is 89.9 Å². The summed E-state index contributed by atoms with van der Waals surface area (Å²) in [5.74, 6) is -0.858. The van der Waals surface area contributed by atoms with E-state index in [2.05, 4.69) is 15.5 Å². The Kier molecular flexibility index (Phi) is 3.33. The van der Waals surface area contributed by atoms with Crippen molar-refractivity contribution in [3.63, 3.8) is 0 Å². The van der Waals surface area contributed by atoms with Crippen LogP contribution in [-0.2, 0) is 4.79 Å². The van der Waals surface area contributed by atoms with E-state index < -0.39 is 10.7 Å². The van der Waals surface area contributed by atoms with Crippen LogP contribution in [0, 0.1) is 0 Å². The summed E-state index contributed by atoms with van der Waals surface area (Å²) in [5, 5.41) is 20.1. The Morgan fingerprint density at radius 1 is 1.57 bits per heavy atom. The molecular formula is C7H11N3O2S2. The van der Waals surface area contributed by atoms with Crippen molar-refractivity contribution in [2.45, 2.75) is 22.9 Å². The van der Waals surface area contributed by atoms with Crippen molar-refractivity contribution in [2.24, 2.45) is 0 Å². The van der Waals surface area contributed by atoms with Crippen LogP contribution in [0.4, 0.5) is 5.13 Å². The first-order valence-electron chi connectivity index (χ1n) is 3.89. The van der Waals surface area contributed by atoms with Gasteiger partial charge in [-0.05, 0) is 13.8 Å². The van der Waals surface area contributed by atoms with Gasteiger partial charge in [-0.25, -0.2) is 0 Å². The van der Waals surface area contributed by atoms with E-state index in [-0.39, 0.29) is 0 Å². The zero-order valence-electron chi connectivity index (χ0n) is 8.07. The second-order valence-electron chi connectivity index (χ2n) is 3.04. The molecule has 0 fully saturated rings. The molecule has 0 bridgehead atoms. The van der Waals surface area contributed by atoms with E-state index in [0.29, 0.717) is 9.47 Å². The van der Waals surface area contributed by atoms with Gasteiger partial charge in [0, 0.05) is 7.05 Å². The van der Waals surface area contributed by atoms with Gasteiger partial charge in [0.25, 0.3) is 0 Å². The second kappa shape index (κ2) is 4.14. The molecule has 1 heterocycles. The summed E-state index contributed by atoms with van der Waals surface area (Å²) >= 11 is 2.54. The van der Waals surface area contributed by atoms with Crippen molar-refractivity contribution >= 4 is 34.2 Å². The standard InChI is InChI=1S/C7H11N3O2S2/c1-7(2,4(11)12)14-6-10-9-5(8-3)13-6/h1-3H3,(H,8,9)(H,11,12). The Morgan fingerprint density at radius 2 is 2.21 bits per heavy atom. The van der Waals surface area contributed by atoms with E-state index in [1.54, 1.807) is 20.9 Å². The topological polar surface area (TPSA) is 75.1 Å². The molecule has 78 valence electrons. The van der Waals surface area contributed by atoms with Gasteiger partial charge < -0.3 is 10.4 Å². The summed E-state index contributed by atoms with van der Waals surface area (Å²) in [6, 6.07) is 0. The van der Waals surface area contributed by atoms with Crippen LogP contribution in [-0.4, -0.2) is 33.1 Å². The summed E-state index contributed by atoms with van der Waals surface area (Å²) in [4.78, 5) is 10.8. The van der Waals surface area contributed by atoms with E-state index in [1.165, 1.54) is 23.1 Å². The first-order valence-corrected chi connectivity index (χ1v) is 5.52. The van der Waals surface area contributed by atoms with Crippen LogP contribution < -0.4 is 5.32 Å². The van der Waals surface area contributed by atoms with E-state index in [9.17, 15) is 4.79 Å². The minimum atomic E-state index is -0.870. The number of carboxylic acids is 1. The molecule has 0 unspecified atom stereocenters. The lowest BCUT2D eigenvalue weighted by molar-refractivity contribution is -0.138. The monoisotopic (exact) mass is 233 g/mol. The smallest absolute Gasteiger partial charge is 0.319 e.